The molecule has 0 aromatic heterocycles. The van der Waals surface area contributed by atoms with Crippen molar-refractivity contribution in [3.05, 3.63) is 48.2 Å². The molecule has 1 aliphatic heterocycles. The van der Waals surface area contributed by atoms with Gasteiger partial charge in [-0.2, -0.15) is 0 Å². The SMILES string of the molecule is C=C1N(C)CCN(C)C1(C)c1ccccc1. The molecule has 1 fully saturated rings. The van der Waals surface area contributed by atoms with Crippen molar-refractivity contribution in [3.63, 3.8) is 0 Å². The number of hydrogen-bond donors (Lipinski definition) is 0. The smallest absolute Gasteiger partial charge is 0.0828 e. The van der Waals surface area contributed by atoms with Gasteiger partial charge < -0.3 is 4.90 Å². The highest BCUT2D eigenvalue weighted by atomic mass is 15.3. The topological polar surface area (TPSA) is 6.48 Å². The number of piperazine rings is 1. The number of rotatable bonds is 1. The van der Waals surface area contributed by atoms with Gasteiger partial charge in [0.1, 0.15) is 0 Å². The second-order valence-electron chi connectivity index (χ2n) is 4.73. The van der Waals surface area contributed by atoms with Gasteiger partial charge in [-0.1, -0.05) is 36.9 Å². The first-order valence-electron chi connectivity index (χ1n) is 5.74. The Bertz CT molecular complexity index is 385. The monoisotopic (exact) mass is 216 g/mol. The lowest BCUT2D eigenvalue weighted by Gasteiger charge is -2.49. The summed E-state index contributed by atoms with van der Waals surface area (Å²) in [6.45, 7) is 8.63. The number of benzene rings is 1. The van der Waals surface area contributed by atoms with Crippen molar-refractivity contribution < 1.29 is 0 Å². The minimum Gasteiger partial charge on any atom is -0.375 e. The zero-order chi connectivity index (χ0) is 11.8. The predicted octanol–water partition coefficient (Wildman–Crippen LogP) is 2.29. The fraction of sp³-hybridized carbons (Fsp3) is 0.429. The first kappa shape index (κ1) is 11.2. The third-order valence-corrected chi connectivity index (χ3v) is 3.89. The molecule has 1 aromatic carbocycles. The molecule has 1 aromatic rings. The van der Waals surface area contributed by atoms with E-state index in [1.54, 1.807) is 0 Å². The van der Waals surface area contributed by atoms with Gasteiger partial charge in [-0.25, -0.2) is 0 Å². The Kier molecular flexibility index (Phi) is 2.76. The second-order valence-corrected chi connectivity index (χ2v) is 4.73. The van der Waals surface area contributed by atoms with Gasteiger partial charge in [-0.05, 0) is 19.5 Å². The van der Waals surface area contributed by atoms with Crippen LogP contribution in [-0.2, 0) is 5.54 Å². The van der Waals surface area contributed by atoms with E-state index in [4.69, 9.17) is 0 Å². The largest absolute Gasteiger partial charge is 0.375 e. The van der Waals surface area contributed by atoms with E-state index in [0.717, 1.165) is 13.1 Å². The molecular formula is C14H20N2. The molecule has 1 aliphatic rings. The molecule has 0 amide bonds. The Morgan fingerprint density at radius 1 is 1.12 bits per heavy atom. The molecule has 1 atom stereocenters. The molecule has 0 radical (unpaired) electrons. The van der Waals surface area contributed by atoms with Crippen LogP contribution in [0.1, 0.15) is 12.5 Å². The molecule has 2 rings (SSSR count). The summed E-state index contributed by atoms with van der Waals surface area (Å²) >= 11 is 0. The molecule has 0 saturated carbocycles. The highest BCUT2D eigenvalue weighted by Crippen LogP contribution is 2.37. The quantitative estimate of drug-likeness (QED) is 0.710. The van der Waals surface area contributed by atoms with Crippen LogP contribution in [0.2, 0.25) is 0 Å². The number of hydrogen-bond acceptors (Lipinski definition) is 2. The zero-order valence-electron chi connectivity index (χ0n) is 10.4. The fourth-order valence-electron chi connectivity index (χ4n) is 2.40. The summed E-state index contributed by atoms with van der Waals surface area (Å²) in [5, 5.41) is 0. The van der Waals surface area contributed by atoms with Crippen LogP contribution < -0.4 is 0 Å². The molecule has 16 heavy (non-hydrogen) atoms. The van der Waals surface area contributed by atoms with Gasteiger partial charge in [0.15, 0.2) is 0 Å². The molecule has 0 aliphatic carbocycles. The molecule has 86 valence electrons. The Hall–Kier alpha value is -1.28. The maximum Gasteiger partial charge on any atom is 0.0828 e. The average molecular weight is 216 g/mol. The normalized spacial score (nSPS) is 27.2. The van der Waals surface area contributed by atoms with Gasteiger partial charge in [0, 0.05) is 25.8 Å². The van der Waals surface area contributed by atoms with Crippen molar-refractivity contribution in [3.8, 4) is 0 Å². The van der Waals surface area contributed by atoms with Crippen molar-refractivity contribution in [2.45, 2.75) is 12.5 Å². The van der Waals surface area contributed by atoms with Gasteiger partial charge in [-0.3, -0.25) is 4.90 Å². The summed E-state index contributed by atoms with van der Waals surface area (Å²) in [4.78, 5) is 4.64. The van der Waals surface area contributed by atoms with Crippen LogP contribution in [-0.4, -0.2) is 37.0 Å². The highest BCUT2D eigenvalue weighted by Gasteiger charge is 2.38. The third kappa shape index (κ3) is 1.54. The second kappa shape index (κ2) is 3.95. The molecule has 0 N–H and O–H groups in total. The Balaban J connectivity index is 2.45. The lowest BCUT2D eigenvalue weighted by molar-refractivity contribution is 0.0869. The van der Waals surface area contributed by atoms with E-state index in [1.165, 1.54) is 11.3 Å². The Labute approximate surface area is 98.2 Å². The van der Waals surface area contributed by atoms with E-state index in [2.05, 4.69) is 67.7 Å². The summed E-state index contributed by atoms with van der Waals surface area (Å²) in [6.07, 6.45) is 0. The van der Waals surface area contributed by atoms with E-state index in [-0.39, 0.29) is 5.54 Å². The van der Waals surface area contributed by atoms with E-state index < -0.39 is 0 Å². The highest BCUT2D eigenvalue weighted by molar-refractivity contribution is 5.33. The fourth-order valence-corrected chi connectivity index (χ4v) is 2.40. The van der Waals surface area contributed by atoms with E-state index >= 15 is 0 Å². The van der Waals surface area contributed by atoms with E-state index in [9.17, 15) is 0 Å². The average Bonchev–Trinajstić information content (AvgIpc) is 2.33. The zero-order valence-corrected chi connectivity index (χ0v) is 10.4. The van der Waals surface area contributed by atoms with Crippen LogP contribution >= 0.6 is 0 Å². The van der Waals surface area contributed by atoms with Crippen molar-refractivity contribution in [1.29, 1.82) is 0 Å². The van der Waals surface area contributed by atoms with Gasteiger partial charge in [0.2, 0.25) is 0 Å². The van der Waals surface area contributed by atoms with E-state index in [0.29, 0.717) is 0 Å². The predicted molar refractivity (Wildman–Crippen MR) is 68.2 cm³/mol. The summed E-state index contributed by atoms with van der Waals surface area (Å²) in [5.74, 6) is 0. The lowest BCUT2D eigenvalue weighted by atomic mass is 9.85. The Morgan fingerprint density at radius 2 is 1.75 bits per heavy atom. The summed E-state index contributed by atoms with van der Waals surface area (Å²) in [6, 6.07) is 10.6. The lowest BCUT2D eigenvalue weighted by Crippen LogP contribution is -2.54. The number of likely N-dealkylation sites (N-methyl/N-ethyl adjacent to an activating group) is 2. The first-order chi connectivity index (χ1) is 7.56. The van der Waals surface area contributed by atoms with Crippen molar-refractivity contribution >= 4 is 0 Å². The molecule has 2 nitrogen and oxygen atoms in total. The third-order valence-electron chi connectivity index (χ3n) is 3.89. The van der Waals surface area contributed by atoms with Crippen LogP contribution in [0.25, 0.3) is 0 Å². The number of nitrogens with zero attached hydrogens (tertiary/aromatic N) is 2. The molecule has 2 heteroatoms. The van der Waals surface area contributed by atoms with E-state index in [1.807, 2.05) is 0 Å². The molecule has 1 heterocycles. The van der Waals surface area contributed by atoms with Gasteiger partial charge in [-0.15, -0.1) is 0 Å². The van der Waals surface area contributed by atoms with Crippen LogP contribution in [0.15, 0.2) is 42.6 Å². The maximum absolute atomic E-state index is 4.26. The maximum atomic E-state index is 4.26. The molecule has 0 bridgehead atoms. The van der Waals surface area contributed by atoms with Crippen molar-refractivity contribution in [2.75, 3.05) is 27.2 Å². The summed E-state index contributed by atoms with van der Waals surface area (Å²) < 4.78 is 0. The first-order valence-corrected chi connectivity index (χ1v) is 5.74. The van der Waals surface area contributed by atoms with Crippen LogP contribution in [0.4, 0.5) is 0 Å². The Morgan fingerprint density at radius 3 is 2.38 bits per heavy atom. The molecule has 0 spiro atoms. The van der Waals surface area contributed by atoms with Crippen molar-refractivity contribution in [1.82, 2.24) is 9.80 Å². The van der Waals surface area contributed by atoms with Gasteiger partial charge in [0.25, 0.3) is 0 Å². The molecule has 1 unspecified atom stereocenters. The summed E-state index contributed by atoms with van der Waals surface area (Å²) in [5.41, 5.74) is 2.41. The minimum absolute atomic E-state index is 0.0751. The van der Waals surface area contributed by atoms with Crippen molar-refractivity contribution in [2.24, 2.45) is 0 Å². The van der Waals surface area contributed by atoms with Gasteiger partial charge in [0.05, 0.1) is 5.54 Å². The summed E-state index contributed by atoms with van der Waals surface area (Å²) in [7, 11) is 4.29. The standard InChI is InChI=1S/C14H20N2/c1-12-14(2,13-8-6-5-7-9-13)16(4)11-10-15(12)3/h5-9H,1,10-11H2,2-4H3. The van der Waals surface area contributed by atoms with Gasteiger partial charge >= 0.3 is 0 Å². The molecule has 1 saturated heterocycles. The minimum atomic E-state index is -0.0751. The van der Waals surface area contributed by atoms with Crippen LogP contribution in [0, 0.1) is 0 Å². The molecular weight excluding hydrogens is 196 g/mol. The van der Waals surface area contributed by atoms with Crippen LogP contribution in [0.5, 0.6) is 0 Å². The van der Waals surface area contributed by atoms with Crippen LogP contribution in [0.3, 0.4) is 0 Å².